The van der Waals surface area contributed by atoms with E-state index in [0.29, 0.717) is 12.8 Å². The Morgan fingerprint density at radius 1 is 0.636 bits per heavy atom. The van der Waals surface area contributed by atoms with E-state index in [1.165, 1.54) is 0 Å². The highest BCUT2D eigenvalue weighted by atomic mass is 17.5. The molecule has 17 nitrogen and oxygen atoms in total. The summed E-state index contributed by atoms with van der Waals surface area (Å²) in [7, 11) is 3.09. The van der Waals surface area contributed by atoms with Gasteiger partial charge in [-0.25, -0.2) is 29.1 Å². The highest BCUT2D eigenvalue weighted by molar-refractivity contribution is 5.76. The van der Waals surface area contributed by atoms with Gasteiger partial charge in [-0.1, -0.05) is 0 Å². The lowest BCUT2D eigenvalue weighted by Crippen LogP contribution is -2.25. The lowest BCUT2D eigenvalue weighted by molar-refractivity contribution is -0.494. The van der Waals surface area contributed by atoms with Gasteiger partial charge >= 0.3 is 24.6 Å². The molecule has 17 heteroatoms. The summed E-state index contributed by atoms with van der Waals surface area (Å²) in [6.45, 7) is 7.49. The van der Waals surface area contributed by atoms with Crippen molar-refractivity contribution in [2.24, 2.45) is 0 Å². The zero-order valence-corrected chi connectivity index (χ0v) is 18.8. The monoisotopic (exact) mass is 492 g/mol. The average Bonchev–Trinajstić information content (AvgIpc) is 2.72. The zero-order chi connectivity index (χ0) is 25.9. The molecular formula is C16H28O17. The Balaban J connectivity index is 0. The van der Waals surface area contributed by atoms with Gasteiger partial charge in [-0.05, 0) is 37.8 Å². The molecule has 0 spiro atoms. The molecule has 0 aromatic rings. The third-order valence-corrected chi connectivity index (χ3v) is 3.33. The van der Waals surface area contributed by atoms with Gasteiger partial charge in [0, 0.05) is 27.1 Å². The van der Waals surface area contributed by atoms with E-state index in [2.05, 4.69) is 44.1 Å². The first-order valence-corrected chi connectivity index (χ1v) is 8.83. The Kier molecular flexibility index (Phi) is 17.2. The number of hydrogen-bond acceptors (Lipinski definition) is 15. The van der Waals surface area contributed by atoms with E-state index in [-0.39, 0.29) is 13.2 Å². The molecule has 0 amide bonds. The van der Waals surface area contributed by atoms with Gasteiger partial charge in [-0.3, -0.25) is 0 Å². The summed E-state index contributed by atoms with van der Waals surface area (Å²) >= 11 is 0. The first kappa shape index (κ1) is 32.2. The Morgan fingerprint density at radius 2 is 0.970 bits per heavy atom. The van der Waals surface area contributed by atoms with E-state index < -0.39 is 35.8 Å². The summed E-state index contributed by atoms with van der Waals surface area (Å²) in [6.07, 6.45) is -5.69. The number of carbonyl (C=O) groups excluding carboxylic acids is 2. The Morgan fingerprint density at radius 3 is 1.24 bits per heavy atom. The van der Waals surface area contributed by atoms with Gasteiger partial charge in [-0.15, -0.1) is 0 Å². The van der Waals surface area contributed by atoms with E-state index in [4.69, 9.17) is 19.7 Å². The topological polar surface area (TPSA) is 210 Å². The highest BCUT2D eigenvalue weighted by Crippen LogP contribution is 2.13. The van der Waals surface area contributed by atoms with Gasteiger partial charge in [0.1, 0.15) is 0 Å². The van der Waals surface area contributed by atoms with Crippen LogP contribution >= 0.6 is 0 Å². The second kappa shape index (κ2) is 17.6. The van der Waals surface area contributed by atoms with Crippen molar-refractivity contribution in [3.8, 4) is 0 Å². The lowest BCUT2D eigenvalue weighted by atomic mass is 10.1. The molecule has 0 saturated heterocycles. The van der Waals surface area contributed by atoms with Crippen LogP contribution in [-0.4, -0.2) is 73.5 Å². The molecular weight excluding hydrogens is 464 g/mol. The number of methoxy groups -OCH3 is 2. The number of ether oxygens (including phenoxy) is 3. The van der Waals surface area contributed by atoms with Gasteiger partial charge in [0.25, 0.3) is 0 Å². The molecule has 0 rings (SSSR count). The van der Waals surface area contributed by atoms with Crippen LogP contribution in [0.2, 0.25) is 0 Å². The molecule has 0 aliphatic rings. The molecule has 0 saturated carbocycles. The lowest BCUT2D eigenvalue weighted by Gasteiger charge is -2.21. The molecule has 0 aromatic carbocycles. The fraction of sp³-hybridized carbons (Fsp3) is 0.750. The highest BCUT2D eigenvalue weighted by Gasteiger charge is 2.19. The summed E-state index contributed by atoms with van der Waals surface area (Å²) in [6, 6.07) is 0. The van der Waals surface area contributed by atoms with Crippen molar-refractivity contribution in [3.63, 3.8) is 0 Å². The number of carboxylic acid groups (broad SMARTS) is 2. The van der Waals surface area contributed by atoms with E-state index in [0.717, 1.165) is 0 Å². The third kappa shape index (κ3) is 23.5. The van der Waals surface area contributed by atoms with Crippen molar-refractivity contribution >= 4 is 24.6 Å². The molecule has 0 aliphatic carbocycles. The summed E-state index contributed by atoms with van der Waals surface area (Å²) in [5, 5.41) is 23.3. The molecule has 0 aliphatic heterocycles. The van der Waals surface area contributed by atoms with Crippen LogP contribution in [-0.2, 0) is 53.6 Å². The third-order valence-electron chi connectivity index (χ3n) is 3.33. The number of rotatable bonds is 12. The molecule has 33 heavy (non-hydrogen) atoms. The molecule has 2 N–H and O–H groups in total. The average molecular weight is 492 g/mol. The van der Waals surface area contributed by atoms with Crippen LogP contribution in [0.3, 0.4) is 0 Å². The molecule has 0 unspecified atom stereocenters. The van der Waals surface area contributed by atoms with Gasteiger partial charge in [0.15, 0.2) is 0 Å². The Hall–Kier alpha value is -2.96. The molecule has 0 heterocycles. The predicted octanol–water partition coefficient (Wildman–Crippen LogP) is 2.92. The van der Waals surface area contributed by atoms with Crippen molar-refractivity contribution in [2.75, 3.05) is 27.4 Å². The standard InChI is InChI=1S/C14H26O11.C2H2O6/c1-13(2,17-5)7-9-19-24-22-11(15)21-12(16)23-25-20-10-8-14(3,4)18-6;3-1(4)7-8-2(5)6/h7-10H2,1-6H3;(H,3,4)(H,5,6). The molecule has 0 atom stereocenters. The van der Waals surface area contributed by atoms with E-state index >= 15 is 0 Å². The van der Waals surface area contributed by atoms with Crippen molar-refractivity contribution in [3.05, 3.63) is 0 Å². The smallest absolute Gasteiger partial charge is 0.447 e. The largest absolute Gasteiger partial charge is 0.553 e. The van der Waals surface area contributed by atoms with E-state index in [1.54, 1.807) is 14.2 Å². The normalized spacial score (nSPS) is 10.8. The molecule has 194 valence electrons. The number of carbonyl (C=O) groups is 4. The molecule has 0 bridgehead atoms. The van der Waals surface area contributed by atoms with Crippen molar-refractivity contribution < 1.29 is 83.0 Å². The fourth-order valence-electron chi connectivity index (χ4n) is 1.12. The zero-order valence-electron chi connectivity index (χ0n) is 18.8. The maximum absolute atomic E-state index is 11.0. The summed E-state index contributed by atoms with van der Waals surface area (Å²) in [5.41, 5.74) is -0.854. The Bertz CT molecular complexity index is 538. The van der Waals surface area contributed by atoms with Gasteiger partial charge in [0.05, 0.1) is 24.4 Å². The quantitative estimate of drug-likeness (QED) is 0.132. The van der Waals surface area contributed by atoms with Crippen LogP contribution in [0.4, 0.5) is 19.2 Å². The maximum atomic E-state index is 11.0. The minimum Gasteiger partial charge on any atom is -0.447 e. The van der Waals surface area contributed by atoms with Crippen LogP contribution in [0.5, 0.6) is 0 Å². The Labute approximate surface area is 187 Å². The van der Waals surface area contributed by atoms with Crippen LogP contribution in [0, 0.1) is 0 Å². The predicted molar refractivity (Wildman–Crippen MR) is 97.8 cm³/mol. The molecule has 0 fully saturated rings. The van der Waals surface area contributed by atoms with Gasteiger partial charge in [0.2, 0.25) is 0 Å². The van der Waals surface area contributed by atoms with Gasteiger partial charge in [-0.2, -0.15) is 19.4 Å². The SMILES string of the molecule is COC(C)(C)CCOOOC(=O)OC(=O)OOOCCC(C)(C)OC.O=C(O)OOC(=O)O. The second-order valence-electron chi connectivity index (χ2n) is 6.67. The van der Waals surface area contributed by atoms with Crippen LogP contribution in [0.25, 0.3) is 0 Å². The second-order valence-corrected chi connectivity index (χ2v) is 6.67. The summed E-state index contributed by atoms with van der Waals surface area (Å²) in [5.74, 6) is 0. The van der Waals surface area contributed by atoms with Crippen molar-refractivity contribution in [2.45, 2.75) is 51.7 Å². The summed E-state index contributed by atoms with van der Waals surface area (Å²) in [4.78, 5) is 64.0. The van der Waals surface area contributed by atoms with Crippen LogP contribution in [0.1, 0.15) is 40.5 Å². The minimum absolute atomic E-state index is 0.0767. The van der Waals surface area contributed by atoms with E-state index in [1.807, 2.05) is 27.7 Å². The fourth-order valence-corrected chi connectivity index (χ4v) is 1.12. The van der Waals surface area contributed by atoms with Crippen molar-refractivity contribution in [1.82, 2.24) is 0 Å². The molecule has 0 aromatic heterocycles. The maximum Gasteiger partial charge on any atom is 0.553 e. The first-order chi connectivity index (χ1) is 15.2. The minimum atomic E-state index is -1.80. The van der Waals surface area contributed by atoms with E-state index in [9.17, 15) is 19.2 Å². The number of hydrogen-bond donors (Lipinski definition) is 2. The molecule has 0 radical (unpaired) electrons. The first-order valence-electron chi connectivity index (χ1n) is 8.83. The summed E-state index contributed by atoms with van der Waals surface area (Å²) < 4.78 is 14.3. The van der Waals surface area contributed by atoms with Crippen LogP contribution < -0.4 is 0 Å². The van der Waals surface area contributed by atoms with Crippen molar-refractivity contribution in [1.29, 1.82) is 0 Å². The van der Waals surface area contributed by atoms with Crippen LogP contribution in [0.15, 0.2) is 0 Å². The van der Waals surface area contributed by atoms with Gasteiger partial charge < -0.3 is 24.4 Å².